The van der Waals surface area contributed by atoms with Crippen LogP contribution in [-0.4, -0.2) is 25.2 Å². The molecule has 9 nitrogen and oxygen atoms in total. The van der Waals surface area contributed by atoms with Crippen molar-refractivity contribution in [2.24, 2.45) is 0 Å². The van der Waals surface area contributed by atoms with Gasteiger partial charge >= 0.3 is 5.69 Å². The Hall–Kier alpha value is -3.62. The molecule has 9 heteroatoms. The Morgan fingerprint density at radius 1 is 0.957 bits per heavy atom. The summed E-state index contributed by atoms with van der Waals surface area (Å²) in [5, 5.41) is 51.0. The average Bonchev–Trinajstić information content (AvgIpc) is 2.48. The van der Waals surface area contributed by atoms with Crippen molar-refractivity contribution in [3.8, 4) is 17.2 Å². The summed E-state index contributed by atoms with van der Waals surface area (Å²) in [5.74, 6) is -2.10. The number of phenols is 3. The molecular weight excluding hydrogens is 308 g/mol. The first-order chi connectivity index (χ1) is 10.8. The van der Waals surface area contributed by atoms with Crippen LogP contribution in [0.15, 0.2) is 36.4 Å². The summed E-state index contributed by atoms with van der Waals surface area (Å²) in [6, 6.07) is 7.55. The van der Waals surface area contributed by atoms with Gasteiger partial charge in [-0.05, 0) is 18.2 Å². The monoisotopic (exact) mass is 318 g/mol. The fourth-order valence-electron chi connectivity index (χ4n) is 1.95. The number of hydrogen-bond donors (Lipinski definition) is 3. The Morgan fingerprint density at radius 2 is 1.61 bits per heavy atom. The highest BCUT2D eigenvalue weighted by molar-refractivity contribution is 5.84. The topological polar surface area (TPSA) is 147 Å². The number of phenolic OH excluding ortho intramolecular Hbond substituents is 3. The first-order valence-corrected chi connectivity index (χ1v) is 6.16. The van der Waals surface area contributed by atoms with Crippen molar-refractivity contribution in [3.63, 3.8) is 0 Å². The molecular formula is C14H10N2O7. The third-order valence-electron chi connectivity index (χ3n) is 3.01. The van der Waals surface area contributed by atoms with Gasteiger partial charge in [0, 0.05) is 11.6 Å². The summed E-state index contributed by atoms with van der Waals surface area (Å²) in [5.41, 5.74) is -2.14. The standard InChI is InChI=1S/C14H10N2O7/c17-11-4-2-1-3-8(11)7-10(15(20)21)9-5-6-12(18)14(19)13(9)16(22)23/h1-7,17-19H. The maximum absolute atomic E-state index is 11.3. The van der Waals surface area contributed by atoms with E-state index < -0.39 is 38.3 Å². The highest BCUT2D eigenvalue weighted by Crippen LogP contribution is 2.41. The van der Waals surface area contributed by atoms with Crippen LogP contribution in [0.3, 0.4) is 0 Å². The van der Waals surface area contributed by atoms with E-state index in [9.17, 15) is 35.5 Å². The molecule has 0 saturated carbocycles. The molecule has 0 unspecified atom stereocenters. The Labute approximate surface area is 128 Å². The van der Waals surface area contributed by atoms with Gasteiger partial charge in [0.2, 0.25) is 5.75 Å². The largest absolute Gasteiger partial charge is 0.507 e. The summed E-state index contributed by atoms with van der Waals surface area (Å²) < 4.78 is 0. The lowest BCUT2D eigenvalue weighted by atomic mass is 10.1. The van der Waals surface area contributed by atoms with Gasteiger partial charge in [-0.25, -0.2) is 0 Å². The second-order valence-electron chi connectivity index (χ2n) is 4.43. The SMILES string of the molecule is O=[N+]([O-])C(=Cc1ccccc1O)c1ccc(O)c(O)c1[N+](=O)[O-]. The maximum atomic E-state index is 11.3. The molecule has 0 fully saturated rings. The molecule has 0 amide bonds. The normalized spacial score (nSPS) is 11.2. The van der Waals surface area contributed by atoms with Crippen LogP contribution in [0.25, 0.3) is 11.8 Å². The fraction of sp³-hybridized carbons (Fsp3) is 0. The highest BCUT2D eigenvalue weighted by atomic mass is 16.6. The van der Waals surface area contributed by atoms with Gasteiger partial charge in [-0.1, -0.05) is 18.2 Å². The third kappa shape index (κ3) is 3.02. The molecule has 3 N–H and O–H groups in total. The minimum atomic E-state index is -1.07. The Kier molecular flexibility index (Phi) is 4.12. The van der Waals surface area contributed by atoms with Crippen molar-refractivity contribution in [2.45, 2.75) is 0 Å². The zero-order chi connectivity index (χ0) is 17.1. The summed E-state index contributed by atoms with van der Waals surface area (Å²) in [6.07, 6.45) is 0.939. The molecule has 2 aromatic carbocycles. The number of para-hydroxylation sites is 1. The Balaban J connectivity index is 2.74. The Morgan fingerprint density at radius 3 is 2.17 bits per heavy atom. The van der Waals surface area contributed by atoms with E-state index in [2.05, 4.69) is 0 Å². The molecule has 0 aliphatic rings. The molecule has 0 saturated heterocycles. The molecule has 0 heterocycles. The van der Waals surface area contributed by atoms with Gasteiger partial charge in [0.1, 0.15) is 11.3 Å². The van der Waals surface area contributed by atoms with Gasteiger partial charge in [0.05, 0.1) is 9.85 Å². The summed E-state index contributed by atoms with van der Waals surface area (Å²) >= 11 is 0. The average molecular weight is 318 g/mol. The number of aromatic hydroxyl groups is 3. The first-order valence-electron chi connectivity index (χ1n) is 6.16. The molecule has 2 aromatic rings. The lowest BCUT2D eigenvalue weighted by Gasteiger charge is -2.05. The van der Waals surface area contributed by atoms with E-state index in [1.54, 1.807) is 0 Å². The fourth-order valence-corrected chi connectivity index (χ4v) is 1.95. The lowest BCUT2D eigenvalue weighted by molar-refractivity contribution is -0.392. The zero-order valence-electron chi connectivity index (χ0n) is 11.4. The van der Waals surface area contributed by atoms with Crippen LogP contribution < -0.4 is 0 Å². The molecule has 2 rings (SSSR count). The molecule has 0 aliphatic carbocycles. The van der Waals surface area contributed by atoms with Gasteiger partial charge < -0.3 is 15.3 Å². The molecule has 0 radical (unpaired) electrons. The van der Waals surface area contributed by atoms with E-state index in [4.69, 9.17) is 0 Å². The van der Waals surface area contributed by atoms with E-state index in [1.165, 1.54) is 24.3 Å². The molecule has 0 aromatic heterocycles. The maximum Gasteiger partial charge on any atom is 0.328 e. The molecule has 0 aliphatic heterocycles. The number of rotatable bonds is 4. The van der Waals surface area contributed by atoms with Crippen LogP contribution in [0.4, 0.5) is 5.69 Å². The number of benzene rings is 2. The van der Waals surface area contributed by atoms with Crippen LogP contribution in [-0.2, 0) is 0 Å². The van der Waals surface area contributed by atoms with Crippen molar-refractivity contribution >= 4 is 17.5 Å². The van der Waals surface area contributed by atoms with Gasteiger partial charge in [0.15, 0.2) is 5.75 Å². The molecule has 118 valence electrons. The number of nitro groups is 2. The van der Waals surface area contributed by atoms with Crippen LogP contribution in [0.2, 0.25) is 0 Å². The summed E-state index contributed by atoms with van der Waals surface area (Å²) in [7, 11) is 0. The highest BCUT2D eigenvalue weighted by Gasteiger charge is 2.31. The molecule has 23 heavy (non-hydrogen) atoms. The van der Waals surface area contributed by atoms with Crippen molar-refractivity contribution in [2.75, 3.05) is 0 Å². The molecule has 0 spiro atoms. The van der Waals surface area contributed by atoms with Crippen LogP contribution >= 0.6 is 0 Å². The van der Waals surface area contributed by atoms with Crippen molar-refractivity contribution in [1.29, 1.82) is 0 Å². The smallest absolute Gasteiger partial charge is 0.328 e. The second kappa shape index (κ2) is 6.02. The van der Waals surface area contributed by atoms with Crippen LogP contribution in [0.5, 0.6) is 17.2 Å². The van der Waals surface area contributed by atoms with Crippen molar-refractivity contribution in [3.05, 3.63) is 67.8 Å². The second-order valence-corrected chi connectivity index (χ2v) is 4.43. The van der Waals surface area contributed by atoms with Crippen molar-refractivity contribution < 1.29 is 25.2 Å². The van der Waals surface area contributed by atoms with Gasteiger partial charge in [-0.2, -0.15) is 0 Å². The van der Waals surface area contributed by atoms with Crippen LogP contribution in [0, 0.1) is 20.2 Å². The number of nitrogens with zero attached hydrogens (tertiary/aromatic N) is 2. The quantitative estimate of drug-likeness (QED) is 0.339. The van der Waals surface area contributed by atoms with Gasteiger partial charge in [-0.15, -0.1) is 0 Å². The minimum Gasteiger partial charge on any atom is -0.507 e. The number of nitro benzene ring substituents is 1. The molecule has 0 bridgehead atoms. The zero-order valence-corrected chi connectivity index (χ0v) is 11.4. The minimum absolute atomic E-state index is 0.0704. The number of hydrogen-bond acceptors (Lipinski definition) is 7. The van der Waals surface area contributed by atoms with Gasteiger partial charge in [-0.3, -0.25) is 20.2 Å². The predicted molar refractivity (Wildman–Crippen MR) is 79.4 cm³/mol. The predicted octanol–water partition coefficient (Wildman–Crippen LogP) is 2.49. The lowest BCUT2D eigenvalue weighted by Crippen LogP contribution is -2.02. The van der Waals surface area contributed by atoms with Gasteiger partial charge in [0.25, 0.3) is 5.70 Å². The van der Waals surface area contributed by atoms with E-state index in [0.29, 0.717) is 0 Å². The summed E-state index contributed by atoms with van der Waals surface area (Å²) in [6.45, 7) is 0. The third-order valence-corrected chi connectivity index (χ3v) is 3.01. The summed E-state index contributed by atoms with van der Waals surface area (Å²) in [4.78, 5) is 20.4. The van der Waals surface area contributed by atoms with E-state index >= 15 is 0 Å². The van der Waals surface area contributed by atoms with E-state index in [1.807, 2.05) is 0 Å². The van der Waals surface area contributed by atoms with Crippen LogP contribution in [0.1, 0.15) is 11.1 Å². The van der Waals surface area contributed by atoms with E-state index in [-0.39, 0.29) is 11.3 Å². The van der Waals surface area contributed by atoms with Crippen molar-refractivity contribution in [1.82, 2.24) is 0 Å². The van der Waals surface area contributed by atoms with E-state index in [0.717, 1.165) is 18.2 Å². The molecule has 0 atom stereocenters. The first kappa shape index (κ1) is 15.8. The Bertz CT molecular complexity index is 830.